The van der Waals surface area contributed by atoms with E-state index in [9.17, 15) is 9.59 Å². The lowest BCUT2D eigenvalue weighted by Crippen LogP contribution is -2.45. The quantitative estimate of drug-likeness (QED) is 0.603. The van der Waals surface area contributed by atoms with Crippen molar-refractivity contribution in [2.45, 2.75) is 77.7 Å². The SMILES string of the molecule is C=C(CC(NC(=O)OC(C)(C)C)C(=O)OC)B1OC(C)(C)C(C)(C)O1. The Morgan fingerprint density at radius 2 is 1.64 bits per heavy atom. The largest absolute Gasteiger partial charge is 0.490 e. The molecule has 1 aliphatic rings. The highest BCUT2D eigenvalue weighted by Gasteiger charge is 2.52. The van der Waals surface area contributed by atoms with Gasteiger partial charge in [0.15, 0.2) is 0 Å². The molecule has 25 heavy (non-hydrogen) atoms. The van der Waals surface area contributed by atoms with Crippen molar-refractivity contribution in [3.05, 3.63) is 12.1 Å². The Hall–Kier alpha value is -1.54. The second-order valence-electron chi connectivity index (χ2n) is 8.17. The molecule has 1 fully saturated rings. The number of carbonyl (C=O) groups excluding carboxylic acids is 2. The number of hydrogen-bond donors (Lipinski definition) is 1. The zero-order valence-electron chi connectivity index (χ0n) is 16.5. The van der Waals surface area contributed by atoms with E-state index in [1.54, 1.807) is 20.8 Å². The van der Waals surface area contributed by atoms with E-state index in [1.165, 1.54) is 7.11 Å². The van der Waals surface area contributed by atoms with Gasteiger partial charge in [-0.3, -0.25) is 0 Å². The molecule has 1 saturated heterocycles. The molecule has 142 valence electrons. The molecule has 1 aliphatic heterocycles. The molecule has 0 aromatic rings. The molecule has 7 nitrogen and oxygen atoms in total. The molecule has 1 atom stereocenters. The molecule has 1 N–H and O–H groups in total. The molecule has 0 saturated carbocycles. The van der Waals surface area contributed by atoms with Crippen LogP contribution in [0.1, 0.15) is 54.9 Å². The number of nitrogens with one attached hydrogen (secondary N) is 1. The van der Waals surface area contributed by atoms with Crippen LogP contribution in [-0.4, -0.2) is 49.1 Å². The van der Waals surface area contributed by atoms with Crippen molar-refractivity contribution in [2.24, 2.45) is 0 Å². The van der Waals surface area contributed by atoms with E-state index >= 15 is 0 Å². The summed E-state index contributed by atoms with van der Waals surface area (Å²) < 4.78 is 21.8. The summed E-state index contributed by atoms with van der Waals surface area (Å²) in [6.07, 6.45) is -0.590. The molecule has 0 aliphatic carbocycles. The predicted octanol–water partition coefficient (Wildman–Crippen LogP) is 2.63. The van der Waals surface area contributed by atoms with Crippen LogP contribution in [0.3, 0.4) is 0 Å². The Labute approximate surface area is 150 Å². The summed E-state index contributed by atoms with van der Waals surface area (Å²) in [7, 11) is 0.585. The summed E-state index contributed by atoms with van der Waals surface area (Å²) >= 11 is 0. The van der Waals surface area contributed by atoms with Gasteiger partial charge in [0.25, 0.3) is 0 Å². The van der Waals surface area contributed by atoms with Crippen LogP contribution in [0, 0.1) is 0 Å². The minimum Gasteiger partial charge on any atom is -0.467 e. The maximum Gasteiger partial charge on any atom is 0.490 e. The highest BCUT2D eigenvalue weighted by Crippen LogP contribution is 2.38. The van der Waals surface area contributed by atoms with E-state index in [0.29, 0.717) is 5.47 Å². The summed E-state index contributed by atoms with van der Waals surface area (Å²) in [6.45, 7) is 16.9. The summed E-state index contributed by atoms with van der Waals surface area (Å²) in [5.41, 5.74) is -1.17. The average Bonchev–Trinajstić information content (AvgIpc) is 2.63. The normalized spacial score (nSPS) is 19.9. The van der Waals surface area contributed by atoms with Crippen molar-refractivity contribution in [2.75, 3.05) is 7.11 Å². The minimum absolute atomic E-state index is 0.114. The third-order valence-corrected chi connectivity index (χ3v) is 4.23. The predicted molar refractivity (Wildman–Crippen MR) is 95.0 cm³/mol. The van der Waals surface area contributed by atoms with Crippen LogP contribution in [0.25, 0.3) is 0 Å². The lowest BCUT2D eigenvalue weighted by molar-refractivity contribution is -0.143. The van der Waals surface area contributed by atoms with E-state index in [4.69, 9.17) is 18.8 Å². The third-order valence-electron chi connectivity index (χ3n) is 4.23. The van der Waals surface area contributed by atoms with Crippen LogP contribution in [0.15, 0.2) is 12.1 Å². The Morgan fingerprint density at radius 1 is 1.16 bits per heavy atom. The number of carbonyl (C=O) groups is 2. The van der Waals surface area contributed by atoms with Gasteiger partial charge in [0.05, 0.1) is 18.3 Å². The highest BCUT2D eigenvalue weighted by molar-refractivity contribution is 6.54. The summed E-state index contributed by atoms with van der Waals surface area (Å²) in [5.74, 6) is -0.594. The molecule has 0 radical (unpaired) electrons. The standard InChI is InChI=1S/C17H30BNO6/c1-11(18-24-16(5,6)17(7,8)25-18)10-12(13(20)22-9)19-14(21)23-15(2,3)4/h12H,1,10H2,2-9H3,(H,19,21). The fraction of sp³-hybridized carbons (Fsp3) is 0.765. The maximum absolute atomic E-state index is 12.0. The molecule has 1 amide bonds. The van der Waals surface area contributed by atoms with Crippen LogP contribution in [-0.2, 0) is 23.6 Å². The molecule has 1 heterocycles. The zero-order valence-corrected chi connectivity index (χ0v) is 16.5. The van der Waals surface area contributed by atoms with Crippen molar-refractivity contribution < 1.29 is 28.4 Å². The van der Waals surface area contributed by atoms with Gasteiger partial charge in [-0.2, -0.15) is 0 Å². The lowest BCUT2D eigenvalue weighted by Gasteiger charge is -2.32. The number of hydrogen-bond acceptors (Lipinski definition) is 6. The zero-order chi connectivity index (χ0) is 19.6. The number of esters is 1. The third kappa shape index (κ3) is 5.75. The van der Waals surface area contributed by atoms with Gasteiger partial charge in [-0.1, -0.05) is 0 Å². The average molecular weight is 355 g/mol. The number of ether oxygens (including phenoxy) is 2. The van der Waals surface area contributed by atoms with Crippen LogP contribution < -0.4 is 5.32 Å². The van der Waals surface area contributed by atoms with Crippen LogP contribution >= 0.6 is 0 Å². The van der Waals surface area contributed by atoms with E-state index < -0.39 is 42.0 Å². The Kier molecular flexibility index (Phi) is 6.34. The van der Waals surface area contributed by atoms with Crippen LogP contribution in [0.2, 0.25) is 0 Å². The first-order valence-corrected chi connectivity index (χ1v) is 8.29. The van der Waals surface area contributed by atoms with Gasteiger partial charge in [-0.15, -0.1) is 6.58 Å². The minimum atomic E-state index is -0.939. The summed E-state index contributed by atoms with van der Waals surface area (Å²) in [4.78, 5) is 24.0. The molecular weight excluding hydrogens is 325 g/mol. The van der Waals surface area contributed by atoms with Crippen molar-refractivity contribution in [1.29, 1.82) is 0 Å². The fourth-order valence-electron chi connectivity index (χ4n) is 2.15. The molecule has 0 spiro atoms. The molecule has 8 heteroatoms. The van der Waals surface area contributed by atoms with E-state index in [-0.39, 0.29) is 6.42 Å². The highest BCUT2D eigenvalue weighted by atomic mass is 16.7. The lowest BCUT2D eigenvalue weighted by atomic mass is 9.76. The van der Waals surface area contributed by atoms with Gasteiger partial charge in [-0.25, -0.2) is 9.59 Å². The van der Waals surface area contributed by atoms with Gasteiger partial charge in [0.2, 0.25) is 0 Å². The number of rotatable bonds is 5. The number of amides is 1. The van der Waals surface area contributed by atoms with E-state index in [1.807, 2.05) is 27.7 Å². The molecular formula is C17H30BNO6. The van der Waals surface area contributed by atoms with E-state index in [0.717, 1.165) is 0 Å². The smallest absolute Gasteiger partial charge is 0.467 e. The van der Waals surface area contributed by atoms with Crippen molar-refractivity contribution in [3.8, 4) is 0 Å². The molecule has 0 bridgehead atoms. The molecule has 1 rings (SSSR count). The summed E-state index contributed by atoms with van der Waals surface area (Å²) in [6, 6.07) is -0.939. The van der Waals surface area contributed by atoms with Crippen LogP contribution in [0.5, 0.6) is 0 Å². The molecule has 0 aromatic carbocycles. The second kappa shape index (κ2) is 7.37. The van der Waals surface area contributed by atoms with Crippen molar-refractivity contribution in [1.82, 2.24) is 5.32 Å². The molecule has 0 aromatic heterocycles. The van der Waals surface area contributed by atoms with Gasteiger partial charge in [0.1, 0.15) is 11.6 Å². The van der Waals surface area contributed by atoms with Crippen LogP contribution in [0.4, 0.5) is 4.79 Å². The number of alkyl carbamates (subject to hydrolysis) is 1. The van der Waals surface area contributed by atoms with Gasteiger partial charge in [0, 0.05) is 0 Å². The Morgan fingerprint density at radius 3 is 2.04 bits per heavy atom. The Bertz CT molecular complexity index is 522. The topological polar surface area (TPSA) is 83.1 Å². The summed E-state index contributed by atoms with van der Waals surface area (Å²) in [5, 5.41) is 2.51. The van der Waals surface area contributed by atoms with Gasteiger partial charge in [-0.05, 0) is 60.4 Å². The van der Waals surface area contributed by atoms with Crippen molar-refractivity contribution >= 4 is 19.2 Å². The molecule has 1 unspecified atom stereocenters. The maximum atomic E-state index is 12.0. The monoisotopic (exact) mass is 355 g/mol. The number of methoxy groups -OCH3 is 1. The second-order valence-corrected chi connectivity index (χ2v) is 8.17. The first-order valence-electron chi connectivity index (χ1n) is 8.29. The van der Waals surface area contributed by atoms with Gasteiger partial charge >= 0.3 is 19.2 Å². The van der Waals surface area contributed by atoms with Gasteiger partial charge < -0.3 is 24.1 Å². The fourth-order valence-corrected chi connectivity index (χ4v) is 2.15. The van der Waals surface area contributed by atoms with Crippen molar-refractivity contribution in [3.63, 3.8) is 0 Å². The Balaban J connectivity index is 2.78. The first-order chi connectivity index (χ1) is 11.2. The first kappa shape index (κ1) is 21.5. The van der Waals surface area contributed by atoms with E-state index in [2.05, 4.69) is 11.9 Å².